The lowest BCUT2D eigenvalue weighted by molar-refractivity contribution is 0.533. The molecule has 2 unspecified atom stereocenters. The minimum Gasteiger partial charge on any atom is -0.354 e. The Labute approximate surface area is 138 Å². The first-order chi connectivity index (χ1) is 11.7. The van der Waals surface area contributed by atoms with Gasteiger partial charge in [0, 0.05) is 44.1 Å². The molecule has 0 radical (unpaired) electrons. The molecule has 0 bridgehead atoms. The minimum absolute atomic E-state index is 0.199. The van der Waals surface area contributed by atoms with Crippen LogP contribution in [-0.2, 0) is 6.42 Å². The molecule has 2 aromatic heterocycles. The summed E-state index contributed by atoms with van der Waals surface area (Å²) in [6.45, 7) is 5.16. The van der Waals surface area contributed by atoms with E-state index in [-0.39, 0.29) is 11.4 Å². The van der Waals surface area contributed by atoms with Crippen LogP contribution in [0.15, 0.2) is 23.3 Å². The molecule has 2 atom stereocenters. The number of nitrogens with zero attached hydrogens (tertiary/aromatic N) is 5. The standard InChI is InChI=1S/C16H19FN6O/c1-2-12-15(17)16(19-9-18-12)23-7-10-5-22(6-11(10)8-23)13-3-4-14(24)21-20-13/h3-4,9-11H,2,5-8H2,1H3,(H,21,24). The van der Waals surface area contributed by atoms with Gasteiger partial charge >= 0.3 is 0 Å². The molecule has 0 aliphatic carbocycles. The van der Waals surface area contributed by atoms with Crippen molar-refractivity contribution < 1.29 is 4.39 Å². The minimum atomic E-state index is -0.292. The van der Waals surface area contributed by atoms with E-state index in [0.29, 0.717) is 29.8 Å². The predicted octanol–water partition coefficient (Wildman–Crippen LogP) is 0.834. The topological polar surface area (TPSA) is 78.0 Å². The summed E-state index contributed by atoms with van der Waals surface area (Å²) in [5.41, 5.74) is 0.270. The maximum atomic E-state index is 14.5. The number of aromatic amines is 1. The highest BCUT2D eigenvalue weighted by Crippen LogP contribution is 2.35. The molecular formula is C16H19FN6O. The molecule has 1 N–H and O–H groups in total. The van der Waals surface area contributed by atoms with E-state index in [9.17, 15) is 9.18 Å². The van der Waals surface area contributed by atoms with Gasteiger partial charge in [-0.1, -0.05) is 6.92 Å². The molecule has 2 fully saturated rings. The third kappa shape index (κ3) is 2.51. The van der Waals surface area contributed by atoms with Crippen molar-refractivity contribution in [2.45, 2.75) is 13.3 Å². The van der Waals surface area contributed by atoms with E-state index in [1.165, 1.54) is 12.4 Å². The van der Waals surface area contributed by atoms with Crippen LogP contribution in [0.4, 0.5) is 16.0 Å². The maximum absolute atomic E-state index is 14.5. The van der Waals surface area contributed by atoms with Crippen LogP contribution in [0.5, 0.6) is 0 Å². The van der Waals surface area contributed by atoms with Crippen LogP contribution in [0, 0.1) is 17.7 Å². The average Bonchev–Trinajstić information content (AvgIpc) is 3.14. The summed E-state index contributed by atoms with van der Waals surface area (Å²) in [5, 5.41) is 6.57. The number of halogens is 1. The van der Waals surface area contributed by atoms with Crippen molar-refractivity contribution in [3.05, 3.63) is 40.3 Å². The van der Waals surface area contributed by atoms with Crippen molar-refractivity contribution in [2.75, 3.05) is 36.0 Å². The number of rotatable bonds is 3. The van der Waals surface area contributed by atoms with Crippen molar-refractivity contribution in [1.82, 2.24) is 20.2 Å². The third-order valence-corrected chi connectivity index (χ3v) is 4.95. The Morgan fingerprint density at radius 1 is 1.17 bits per heavy atom. The molecule has 8 heteroatoms. The van der Waals surface area contributed by atoms with Gasteiger partial charge in [0.05, 0.1) is 5.69 Å². The quantitative estimate of drug-likeness (QED) is 0.898. The second-order valence-corrected chi connectivity index (χ2v) is 6.42. The highest BCUT2D eigenvalue weighted by atomic mass is 19.1. The first-order valence-corrected chi connectivity index (χ1v) is 8.20. The Bertz CT molecular complexity index is 775. The third-order valence-electron chi connectivity index (χ3n) is 4.95. The van der Waals surface area contributed by atoms with Gasteiger partial charge in [-0.15, -0.1) is 0 Å². The largest absolute Gasteiger partial charge is 0.354 e. The Kier molecular flexibility index (Phi) is 3.66. The van der Waals surface area contributed by atoms with Gasteiger partial charge in [-0.3, -0.25) is 4.79 Å². The zero-order valence-electron chi connectivity index (χ0n) is 13.4. The molecule has 0 amide bonds. The fraction of sp³-hybridized carbons (Fsp3) is 0.500. The van der Waals surface area contributed by atoms with Gasteiger partial charge in [-0.2, -0.15) is 5.10 Å². The van der Waals surface area contributed by atoms with Crippen LogP contribution in [0.2, 0.25) is 0 Å². The van der Waals surface area contributed by atoms with Crippen molar-refractivity contribution in [1.29, 1.82) is 0 Å². The van der Waals surface area contributed by atoms with Crippen LogP contribution in [0.25, 0.3) is 0 Å². The van der Waals surface area contributed by atoms with Crippen LogP contribution in [0.3, 0.4) is 0 Å². The maximum Gasteiger partial charge on any atom is 0.264 e. The van der Waals surface area contributed by atoms with Gasteiger partial charge in [0.25, 0.3) is 5.56 Å². The fourth-order valence-electron chi connectivity index (χ4n) is 3.73. The van der Waals surface area contributed by atoms with E-state index in [0.717, 1.165) is 32.0 Å². The molecule has 2 saturated heterocycles. The van der Waals surface area contributed by atoms with E-state index in [1.807, 2.05) is 11.8 Å². The van der Waals surface area contributed by atoms with E-state index in [2.05, 4.69) is 25.1 Å². The smallest absolute Gasteiger partial charge is 0.264 e. The number of fused-ring (bicyclic) bond motifs is 1. The average molecular weight is 330 g/mol. The zero-order chi connectivity index (χ0) is 16.7. The molecule has 4 rings (SSSR count). The van der Waals surface area contributed by atoms with E-state index >= 15 is 0 Å². The SMILES string of the molecule is CCc1ncnc(N2CC3CN(c4ccc(=O)[nH]n4)CC3C2)c1F. The van der Waals surface area contributed by atoms with Gasteiger partial charge in [-0.25, -0.2) is 19.5 Å². The molecule has 7 nitrogen and oxygen atoms in total. The van der Waals surface area contributed by atoms with Crippen molar-refractivity contribution >= 4 is 11.6 Å². The van der Waals surface area contributed by atoms with Gasteiger partial charge in [-0.05, 0) is 12.5 Å². The van der Waals surface area contributed by atoms with E-state index in [4.69, 9.17) is 0 Å². The van der Waals surface area contributed by atoms with Crippen molar-refractivity contribution in [2.24, 2.45) is 11.8 Å². The summed E-state index contributed by atoms with van der Waals surface area (Å²) in [7, 11) is 0. The first kappa shape index (κ1) is 15.0. The molecule has 2 aliphatic rings. The number of aryl methyl sites for hydroxylation is 1. The van der Waals surface area contributed by atoms with Crippen LogP contribution in [0.1, 0.15) is 12.6 Å². The Balaban J connectivity index is 1.48. The Hall–Kier alpha value is -2.51. The molecule has 4 heterocycles. The molecule has 0 aromatic carbocycles. The number of hydrogen-bond donors (Lipinski definition) is 1. The van der Waals surface area contributed by atoms with Gasteiger partial charge < -0.3 is 9.80 Å². The normalized spacial score (nSPS) is 22.9. The van der Waals surface area contributed by atoms with Crippen molar-refractivity contribution in [3.8, 4) is 0 Å². The highest BCUT2D eigenvalue weighted by molar-refractivity contribution is 5.45. The predicted molar refractivity (Wildman–Crippen MR) is 87.6 cm³/mol. The second kappa shape index (κ2) is 5.85. The second-order valence-electron chi connectivity index (χ2n) is 6.42. The summed E-state index contributed by atoms with van der Waals surface area (Å²) >= 11 is 0. The molecule has 0 spiro atoms. The summed E-state index contributed by atoms with van der Waals surface area (Å²) < 4.78 is 14.5. The summed E-state index contributed by atoms with van der Waals surface area (Å²) in [4.78, 5) is 23.5. The number of H-pyrrole nitrogens is 1. The van der Waals surface area contributed by atoms with Crippen LogP contribution >= 0.6 is 0 Å². The number of hydrogen-bond acceptors (Lipinski definition) is 6. The molecule has 2 aliphatic heterocycles. The van der Waals surface area contributed by atoms with Gasteiger partial charge in [0.1, 0.15) is 12.1 Å². The summed E-state index contributed by atoms with van der Waals surface area (Å²) in [5.74, 6) is 1.80. The fourth-order valence-corrected chi connectivity index (χ4v) is 3.73. The van der Waals surface area contributed by atoms with Gasteiger partial charge in [0.2, 0.25) is 0 Å². The lowest BCUT2D eigenvalue weighted by Gasteiger charge is -2.23. The molecule has 0 saturated carbocycles. The van der Waals surface area contributed by atoms with E-state index in [1.54, 1.807) is 6.07 Å². The lowest BCUT2D eigenvalue weighted by Crippen LogP contribution is -2.30. The first-order valence-electron chi connectivity index (χ1n) is 8.20. The highest BCUT2D eigenvalue weighted by Gasteiger charge is 2.41. The summed E-state index contributed by atoms with van der Waals surface area (Å²) in [6.07, 6.45) is 2.01. The monoisotopic (exact) mass is 330 g/mol. The Morgan fingerprint density at radius 2 is 1.88 bits per heavy atom. The number of aromatic nitrogens is 4. The molecule has 24 heavy (non-hydrogen) atoms. The van der Waals surface area contributed by atoms with Crippen molar-refractivity contribution in [3.63, 3.8) is 0 Å². The molecular weight excluding hydrogens is 311 g/mol. The zero-order valence-corrected chi connectivity index (χ0v) is 13.4. The molecule has 2 aromatic rings. The van der Waals surface area contributed by atoms with E-state index < -0.39 is 0 Å². The lowest BCUT2D eigenvalue weighted by atomic mass is 10.0. The number of anilines is 2. The summed E-state index contributed by atoms with van der Waals surface area (Å²) in [6, 6.07) is 3.24. The Morgan fingerprint density at radius 3 is 2.50 bits per heavy atom. The van der Waals surface area contributed by atoms with Crippen LogP contribution in [-0.4, -0.2) is 46.3 Å². The molecule has 126 valence electrons. The van der Waals surface area contributed by atoms with Crippen LogP contribution < -0.4 is 15.4 Å². The number of nitrogens with one attached hydrogen (secondary N) is 1. The van der Waals surface area contributed by atoms with Gasteiger partial charge in [0.15, 0.2) is 11.6 Å².